The molecule has 3 rings (SSSR count). The van der Waals surface area contributed by atoms with Crippen LogP contribution in [0.5, 0.6) is 0 Å². The minimum atomic E-state index is -0.490. The van der Waals surface area contributed by atoms with Gasteiger partial charge >= 0.3 is 0 Å². The van der Waals surface area contributed by atoms with Crippen LogP contribution in [0.3, 0.4) is 0 Å². The third kappa shape index (κ3) is 1.82. The Kier molecular flexibility index (Phi) is 2.64. The van der Waals surface area contributed by atoms with Crippen molar-refractivity contribution in [3.8, 4) is 5.69 Å². The summed E-state index contributed by atoms with van der Waals surface area (Å²) in [6.07, 6.45) is 0. The van der Waals surface area contributed by atoms with Crippen molar-refractivity contribution in [2.45, 2.75) is 0 Å². The third-order valence-corrected chi connectivity index (χ3v) is 3.13. The predicted octanol–water partition coefficient (Wildman–Crippen LogP) is 3.54. The number of hydrogen-bond acceptors (Lipinski definition) is 2. The smallest absolute Gasteiger partial charge is 0.206 e. The van der Waals surface area contributed by atoms with E-state index in [9.17, 15) is 8.78 Å². The highest BCUT2D eigenvalue weighted by Crippen LogP contribution is 2.29. The molecule has 2 N–H and O–H groups in total. The van der Waals surface area contributed by atoms with Gasteiger partial charge in [-0.25, -0.2) is 13.8 Å². The van der Waals surface area contributed by atoms with E-state index in [2.05, 4.69) is 4.98 Å². The van der Waals surface area contributed by atoms with Crippen LogP contribution >= 0.6 is 11.6 Å². The van der Waals surface area contributed by atoms with Gasteiger partial charge in [0.25, 0.3) is 0 Å². The van der Waals surface area contributed by atoms with Crippen LogP contribution in [0.15, 0.2) is 36.4 Å². The van der Waals surface area contributed by atoms with Crippen molar-refractivity contribution in [3.63, 3.8) is 0 Å². The molecule has 0 aliphatic heterocycles. The normalized spacial score (nSPS) is 11.1. The summed E-state index contributed by atoms with van der Waals surface area (Å²) in [5.74, 6) is -0.903. The first-order valence-corrected chi connectivity index (χ1v) is 5.83. The van der Waals surface area contributed by atoms with Crippen LogP contribution in [0.1, 0.15) is 0 Å². The third-order valence-electron chi connectivity index (χ3n) is 2.81. The molecule has 0 saturated heterocycles. The number of nitrogen functional groups attached to an aromatic ring is 1. The average molecular weight is 280 g/mol. The van der Waals surface area contributed by atoms with Crippen LogP contribution in [-0.4, -0.2) is 9.55 Å². The number of imidazole rings is 1. The molecule has 0 spiro atoms. The number of nitrogens with zero attached hydrogens (tertiary/aromatic N) is 2. The number of anilines is 1. The van der Waals surface area contributed by atoms with Gasteiger partial charge < -0.3 is 5.73 Å². The first-order valence-electron chi connectivity index (χ1n) is 5.46. The Morgan fingerprint density at radius 1 is 1.16 bits per heavy atom. The van der Waals surface area contributed by atoms with Gasteiger partial charge in [0.15, 0.2) is 5.82 Å². The van der Waals surface area contributed by atoms with Gasteiger partial charge in [-0.05, 0) is 30.3 Å². The number of fused-ring (bicyclic) bond motifs is 1. The Bertz CT molecular complexity index is 783. The minimum Gasteiger partial charge on any atom is -0.369 e. The Balaban J connectivity index is 2.39. The molecule has 0 bridgehead atoms. The zero-order chi connectivity index (χ0) is 13.6. The molecule has 96 valence electrons. The van der Waals surface area contributed by atoms with Crippen LogP contribution in [0.4, 0.5) is 14.7 Å². The van der Waals surface area contributed by atoms with Gasteiger partial charge in [0, 0.05) is 0 Å². The van der Waals surface area contributed by atoms with Gasteiger partial charge in [0.2, 0.25) is 5.95 Å². The summed E-state index contributed by atoms with van der Waals surface area (Å²) < 4.78 is 28.4. The molecule has 0 fully saturated rings. The maximum atomic E-state index is 13.6. The van der Waals surface area contributed by atoms with Crippen LogP contribution in [-0.2, 0) is 0 Å². The molecule has 0 unspecified atom stereocenters. The monoisotopic (exact) mass is 279 g/mol. The molecular formula is C13H8ClF2N3. The molecule has 1 aromatic heterocycles. The second kappa shape index (κ2) is 4.20. The maximum Gasteiger partial charge on any atom is 0.206 e. The molecule has 2 aromatic carbocycles. The van der Waals surface area contributed by atoms with Crippen LogP contribution in [0, 0.1) is 11.6 Å². The lowest BCUT2D eigenvalue weighted by molar-refractivity contribution is 0.627. The molecule has 0 saturated carbocycles. The molecule has 3 nitrogen and oxygen atoms in total. The van der Waals surface area contributed by atoms with E-state index in [4.69, 9.17) is 17.3 Å². The minimum absolute atomic E-state index is 0.0487. The molecular weight excluding hydrogens is 272 g/mol. The number of nitrogens with two attached hydrogens (primary N) is 1. The van der Waals surface area contributed by atoms with E-state index in [1.807, 2.05) is 0 Å². The van der Waals surface area contributed by atoms with Crippen molar-refractivity contribution in [2.75, 3.05) is 5.73 Å². The van der Waals surface area contributed by atoms with Crippen LogP contribution < -0.4 is 5.73 Å². The highest BCUT2D eigenvalue weighted by Gasteiger charge is 2.15. The molecule has 6 heteroatoms. The summed E-state index contributed by atoms with van der Waals surface area (Å²) in [5.41, 5.74) is 6.66. The van der Waals surface area contributed by atoms with Gasteiger partial charge in [0.1, 0.15) is 11.3 Å². The fourth-order valence-corrected chi connectivity index (χ4v) is 2.20. The standard InChI is InChI=1S/C13H8ClF2N3/c14-8-5-4-7(15)6-11(8)19-10-3-1-2-9(16)12(10)18-13(19)17/h1-6H,(H2,17,18). The number of aromatic nitrogens is 2. The number of benzene rings is 2. The number of para-hydroxylation sites is 1. The van der Waals surface area contributed by atoms with Crippen LogP contribution in [0.2, 0.25) is 5.02 Å². The number of halogens is 3. The van der Waals surface area contributed by atoms with Gasteiger partial charge in [-0.3, -0.25) is 4.57 Å². The number of rotatable bonds is 1. The van der Waals surface area contributed by atoms with Crippen molar-refractivity contribution < 1.29 is 8.78 Å². The molecule has 0 radical (unpaired) electrons. The van der Waals surface area contributed by atoms with E-state index >= 15 is 0 Å². The zero-order valence-electron chi connectivity index (χ0n) is 9.57. The van der Waals surface area contributed by atoms with E-state index in [1.165, 1.54) is 34.9 Å². The SMILES string of the molecule is Nc1nc2c(F)cccc2n1-c1cc(F)ccc1Cl. The first-order chi connectivity index (χ1) is 9.08. The van der Waals surface area contributed by atoms with Crippen LogP contribution in [0.25, 0.3) is 16.7 Å². The summed E-state index contributed by atoms with van der Waals surface area (Å²) in [4.78, 5) is 3.94. The quantitative estimate of drug-likeness (QED) is 0.740. The summed E-state index contributed by atoms with van der Waals surface area (Å²) in [6, 6.07) is 8.33. The van der Waals surface area contributed by atoms with Gasteiger partial charge in [-0.1, -0.05) is 17.7 Å². The molecule has 0 atom stereocenters. The summed E-state index contributed by atoms with van der Waals surface area (Å²) in [6.45, 7) is 0. The summed E-state index contributed by atoms with van der Waals surface area (Å²) in [7, 11) is 0. The largest absolute Gasteiger partial charge is 0.369 e. The lowest BCUT2D eigenvalue weighted by atomic mass is 10.2. The van der Waals surface area contributed by atoms with E-state index in [1.54, 1.807) is 6.07 Å². The Morgan fingerprint density at radius 3 is 2.74 bits per heavy atom. The Hall–Kier alpha value is -2.14. The molecule has 0 amide bonds. The molecule has 19 heavy (non-hydrogen) atoms. The lowest BCUT2D eigenvalue weighted by Gasteiger charge is -2.08. The highest BCUT2D eigenvalue weighted by atomic mass is 35.5. The second-order valence-corrected chi connectivity index (χ2v) is 4.42. The van der Waals surface area contributed by atoms with Crippen molar-refractivity contribution in [2.24, 2.45) is 0 Å². The predicted molar refractivity (Wildman–Crippen MR) is 70.4 cm³/mol. The van der Waals surface area contributed by atoms with Crippen molar-refractivity contribution in [1.29, 1.82) is 0 Å². The highest BCUT2D eigenvalue weighted by molar-refractivity contribution is 6.32. The maximum absolute atomic E-state index is 13.6. The van der Waals surface area contributed by atoms with Crippen molar-refractivity contribution in [1.82, 2.24) is 9.55 Å². The zero-order valence-corrected chi connectivity index (χ0v) is 10.3. The van der Waals surface area contributed by atoms with E-state index < -0.39 is 11.6 Å². The summed E-state index contributed by atoms with van der Waals surface area (Å²) >= 11 is 6.04. The average Bonchev–Trinajstić information content (AvgIpc) is 2.70. The molecule has 3 aromatic rings. The molecule has 0 aliphatic rings. The molecule has 1 heterocycles. The van der Waals surface area contributed by atoms with Gasteiger partial charge in [0.05, 0.1) is 16.2 Å². The van der Waals surface area contributed by atoms with Crippen molar-refractivity contribution >= 4 is 28.6 Å². The van der Waals surface area contributed by atoms with Gasteiger partial charge in [-0.2, -0.15) is 0 Å². The van der Waals surface area contributed by atoms with Crippen molar-refractivity contribution in [3.05, 3.63) is 53.1 Å². The Labute approximate surface area is 112 Å². The summed E-state index contributed by atoms with van der Waals surface area (Å²) in [5, 5.41) is 0.302. The van der Waals surface area contributed by atoms with E-state index in [-0.39, 0.29) is 11.5 Å². The Morgan fingerprint density at radius 2 is 1.95 bits per heavy atom. The fourth-order valence-electron chi connectivity index (χ4n) is 1.99. The first kappa shape index (κ1) is 11.9. The van der Waals surface area contributed by atoms with Gasteiger partial charge in [-0.15, -0.1) is 0 Å². The number of hydrogen-bond donors (Lipinski definition) is 1. The fraction of sp³-hybridized carbons (Fsp3) is 0. The second-order valence-electron chi connectivity index (χ2n) is 4.01. The van der Waals surface area contributed by atoms with E-state index in [0.29, 0.717) is 16.2 Å². The lowest BCUT2D eigenvalue weighted by Crippen LogP contribution is -2.01. The topological polar surface area (TPSA) is 43.8 Å². The molecule has 0 aliphatic carbocycles. The van der Waals surface area contributed by atoms with E-state index in [0.717, 1.165) is 0 Å².